The van der Waals surface area contributed by atoms with Crippen LogP contribution in [0.2, 0.25) is 0 Å². The molecule has 0 aliphatic carbocycles. The minimum Gasteiger partial charge on any atom is -0.496 e. The summed E-state index contributed by atoms with van der Waals surface area (Å²) in [5, 5.41) is 9.20. The topological polar surface area (TPSA) is 49.8 Å². The molecule has 0 saturated heterocycles. The van der Waals surface area contributed by atoms with E-state index in [9.17, 15) is 9.90 Å². The van der Waals surface area contributed by atoms with E-state index in [-0.39, 0.29) is 12.4 Å². The summed E-state index contributed by atoms with van der Waals surface area (Å²) in [6.45, 7) is 5.12. The number of aliphatic hydroxyl groups excluding tert-OH is 1. The van der Waals surface area contributed by atoms with Crippen LogP contribution in [0.5, 0.6) is 5.75 Å². The number of ether oxygens (including phenoxy) is 1. The molecule has 0 aliphatic rings. The van der Waals surface area contributed by atoms with Gasteiger partial charge in [0.1, 0.15) is 5.75 Å². The molecule has 21 heavy (non-hydrogen) atoms. The summed E-state index contributed by atoms with van der Waals surface area (Å²) < 4.78 is 5.94. The first-order valence-corrected chi connectivity index (χ1v) is 8.08. The van der Waals surface area contributed by atoms with Gasteiger partial charge in [-0.2, -0.15) is 0 Å². The van der Waals surface area contributed by atoms with Crippen LogP contribution in [-0.2, 0) is 0 Å². The molecule has 5 heteroatoms. The molecule has 118 valence electrons. The van der Waals surface area contributed by atoms with Crippen LogP contribution in [0.15, 0.2) is 22.7 Å². The van der Waals surface area contributed by atoms with Crippen molar-refractivity contribution in [1.29, 1.82) is 0 Å². The quantitative estimate of drug-likeness (QED) is 0.689. The average molecular weight is 358 g/mol. The number of aliphatic hydroxyl groups is 1. The summed E-state index contributed by atoms with van der Waals surface area (Å²) in [4.78, 5) is 14.5. The molecule has 4 nitrogen and oxygen atoms in total. The van der Waals surface area contributed by atoms with E-state index in [0.29, 0.717) is 30.4 Å². The van der Waals surface area contributed by atoms with Gasteiger partial charge < -0.3 is 9.84 Å². The van der Waals surface area contributed by atoms with Gasteiger partial charge in [0.25, 0.3) is 0 Å². The molecule has 0 bridgehead atoms. The number of Topliss-reactive ketones (excluding diaryl/α,β-unsaturated/α-hetero) is 1. The van der Waals surface area contributed by atoms with Gasteiger partial charge in [0.15, 0.2) is 5.78 Å². The molecule has 0 amide bonds. The van der Waals surface area contributed by atoms with E-state index in [1.807, 2.05) is 0 Å². The van der Waals surface area contributed by atoms with E-state index in [2.05, 4.69) is 34.7 Å². The van der Waals surface area contributed by atoms with Crippen molar-refractivity contribution in [2.45, 2.75) is 32.7 Å². The second kappa shape index (κ2) is 9.18. The SMILES string of the molecule is CCC(CC)N(CCO)CC(=O)c1ccc(OC)c(Br)c1. The highest BCUT2D eigenvalue weighted by atomic mass is 79.9. The molecule has 0 unspecified atom stereocenters. The molecule has 1 rings (SSSR count). The van der Waals surface area contributed by atoms with Crippen LogP contribution in [0.4, 0.5) is 0 Å². The van der Waals surface area contributed by atoms with E-state index < -0.39 is 0 Å². The highest BCUT2D eigenvalue weighted by molar-refractivity contribution is 9.10. The Morgan fingerprint density at radius 3 is 2.52 bits per heavy atom. The second-order valence-electron chi connectivity index (χ2n) is 4.94. The highest BCUT2D eigenvalue weighted by Crippen LogP contribution is 2.26. The number of nitrogens with zero attached hydrogens (tertiary/aromatic N) is 1. The van der Waals surface area contributed by atoms with E-state index in [4.69, 9.17) is 4.74 Å². The maximum absolute atomic E-state index is 12.4. The maximum Gasteiger partial charge on any atom is 0.176 e. The Hall–Kier alpha value is -0.910. The lowest BCUT2D eigenvalue weighted by Gasteiger charge is -2.29. The third-order valence-electron chi connectivity index (χ3n) is 3.67. The van der Waals surface area contributed by atoms with Gasteiger partial charge in [0.05, 0.1) is 24.7 Å². The number of halogens is 1. The standard InChI is InChI=1S/C16H24BrNO3/c1-4-13(5-2)18(8-9-19)11-15(20)12-6-7-16(21-3)14(17)10-12/h6-7,10,13,19H,4-5,8-9,11H2,1-3H3. The van der Waals surface area contributed by atoms with Crippen molar-refractivity contribution in [3.8, 4) is 5.75 Å². The van der Waals surface area contributed by atoms with Crippen molar-refractivity contribution in [3.05, 3.63) is 28.2 Å². The molecule has 0 atom stereocenters. The normalized spacial score (nSPS) is 11.2. The molecule has 0 radical (unpaired) electrons. The van der Waals surface area contributed by atoms with Crippen LogP contribution in [0.1, 0.15) is 37.0 Å². The first-order valence-electron chi connectivity index (χ1n) is 7.28. The van der Waals surface area contributed by atoms with Crippen LogP contribution in [0.25, 0.3) is 0 Å². The van der Waals surface area contributed by atoms with E-state index in [1.54, 1.807) is 25.3 Å². The number of hydrogen-bond acceptors (Lipinski definition) is 4. The Morgan fingerprint density at radius 1 is 1.38 bits per heavy atom. The number of benzene rings is 1. The zero-order valence-corrected chi connectivity index (χ0v) is 14.5. The van der Waals surface area contributed by atoms with Crippen LogP contribution in [-0.4, -0.2) is 48.6 Å². The molecule has 0 fully saturated rings. The minimum atomic E-state index is 0.0544. The number of carbonyl (C=O) groups excluding carboxylic acids is 1. The lowest BCUT2D eigenvalue weighted by atomic mass is 10.1. The van der Waals surface area contributed by atoms with Crippen LogP contribution in [0.3, 0.4) is 0 Å². The summed E-state index contributed by atoms with van der Waals surface area (Å²) in [7, 11) is 1.59. The number of carbonyl (C=O) groups is 1. The van der Waals surface area contributed by atoms with Crippen LogP contribution in [0, 0.1) is 0 Å². The van der Waals surface area contributed by atoms with Gasteiger partial charge in [-0.3, -0.25) is 9.69 Å². The summed E-state index contributed by atoms with van der Waals surface area (Å²) in [6.07, 6.45) is 1.94. The fourth-order valence-electron chi connectivity index (χ4n) is 2.44. The number of methoxy groups -OCH3 is 1. The van der Waals surface area contributed by atoms with Crippen molar-refractivity contribution in [3.63, 3.8) is 0 Å². The third-order valence-corrected chi connectivity index (χ3v) is 4.29. The fourth-order valence-corrected chi connectivity index (χ4v) is 2.98. The summed E-state index contributed by atoms with van der Waals surface area (Å²) in [5.74, 6) is 0.762. The Balaban J connectivity index is 2.83. The van der Waals surface area contributed by atoms with Gasteiger partial charge in [-0.15, -0.1) is 0 Å². The molecule has 0 spiro atoms. The largest absolute Gasteiger partial charge is 0.496 e. The molecular weight excluding hydrogens is 334 g/mol. The first kappa shape index (κ1) is 18.1. The monoisotopic (exact) mass is 357 g/mol. The molecule has 0 heterocycles. The maximum atomic E-state index is 12.4. The van der Waals surface area contributed by atoms with Gasteiger partial charge >= 0.3 is 0 Å². The Morgan fingerprint density at radius 2 is 2.05 bits per heavy atom. The van der Waals surface area contributed by atoms with Gasteiger partial charge in [-0.25, -0.2) is 0 Å². The van der Waals surface area contributed by atoms with Gasteiger partial charge in [-0.05, 0) is 47.0 Å². The zero-order valence-electron chi connectivity index (χ0n) is 12.9. The Bertz CT molecular complexity index is 461. The van der Waals surface area contributed by atoms with Gasteiger partial charge in [0.2, 0.25) is 0 Å². The predicted molar refractivity (Wildman–Crippen MR) is 88.1 cm³/mol. The van der Waals surface area contributed by atoms with Crippen molar-refractivity contribution >= 4 is 21.7 Å². The van der Waals surface area contributed by atoms with Gasteiger partial charge in [-0.1, -0.05) is 13.8 Å². The summed E-state index contributed by atoms with van der Waals surface area (Å²) >= 11 is 3.40. The molecule has 0 saturated carbocycles. The van der Waals surface area contributed by atoms with Crippen molar-refractivity contribution < 1.29 is 14.6 Å². The van der Waals surface area contributed by atoms with E-state index in [1.165, 1.54) is 0 Å². The lowest BCUT2D eigenvalue weighted by molar-refractivity contribution is 0.0850. The van der Waals surface area contributed by atoms with Crippen molar-refractivity contribution in [2.24, 2.45) is 0 Å². The van der Waals surface area contributed by atoms with E-state index >= 15 is 0 Å². The Kier molecular flexibility index (Phi) is 7.93. The Labute approximate surface area is 135 Å². The second-order valence-corrected chi connectivity index (χ2v) is 5.79. The fraction of sp³-hybridized carbons (Fsp3) is 0.562. The smallest absolute Gasteiger partial charge is 0.176 e. The molecule has 1 aromatic carbocycles. The third kappa shape index (κ3) is 5.09. The predicted octanol–water partition coefficient (Wildman–Crippen LogP) is 3.12. The summed E-state index contributed by atoms with van der Waals surface area (Å²) in [6, 6.07) is 5.66. The van der Waals surface area contributed by atoms with Crippen molar-refractivity contribution in [1.82, 2.24) is 4.90 Å². The molecule has 0 aromatic heterocycles. The average Bonchev–Trinajstić information content (AvgIpc) is 2.48. The molecule has 1 N–H and O–H groups in total. The van der Waals surface area contributed by atoms with Crippen LogP contribution >= 0.6 is 15.9 Å². The van der Waals surface area contributed by atoms with E-state index in [0.717, 1.165) is 17.3 Å². The molecule has 1 aromatic rings. The number of ketones is 1. The number of rotatable bonds is 9. The number of hydrogen-bond donors (Lipinski definition) is 1. The van der Waals surface area contributed by atoms with Gasteiger partial charge in [0, 0.05) is 18.2 Å². The summed E-state index contributed by atoms with van der Waals surface area (Å²) in [5.41, 5.74) is 0.650. The highest BCUT2D eigenvalue weighted by Gasteiger charge is 2.19. The van der Waals surface area contributed by atoms with Crippen LogP contribution < -0.4 is 4.74 Å². The zero-order chi connectivity index (χ0) is 15.8. The first-order chi connectivity index (χ1) is 10.1. The minimum absolute atomic E-state index is 0.0544. The lowest BCUT2D eigenvalue weighted by Crippen LogP contribution is -2.40. The molecular formula is C16H24BrNO3. The van der Waals surface area contributed by atoms with Crippen molar-refractivity contribution in [2.75, 3.05) is 26.8 Å². The molecule has 0 aliphatic heterocycles.